The quantitative estimate of drug-likeness (QED) is 0.483. The Balaban J connectivity index is 2.53. The number of ether oxygens (including phenoxy) is 2. The first kappa shape index (κ1) is 15.1. The minimum Gasteiger partial charge on any atom is -0.508 e. The molecule has 0 heterocycles. The number of aliphatic hydroxyl groups excluding tert-OH is 1. The smallest absolute Gasteiger partial charge is 0.183 e. The number of benzene rings is 1. The highest BCUT2D eigenvalue weighted by Gasteiger charge is 2.51. The number of nitrogens with two attached hydrogens (primary N) is 1. The van der Waals surface area contributed by atoms with Gasteiger partial charge in [-0.05, 0) is 25.5 Å². The van der Waals surface area contributed by atoms with Crippen molar-refractivity contribution in [1.82, 2.24) is 0 Å². The van der Waals surface area contributed by atoms with Crippen LogP contribution in [0.3, 0.4) is 0 Å². The summed E-state index contributed by atoms with van der Waals surface area (Å²) in [5.74, 6) is -1.19. The lowest BCUT2D eigenvalue weighted by molar-refractivity contribution is -0.242. The van der Waals surface area contributed by atoms with Gasteiger partial charge in [-0.3, -0.25) is 0 Å². The van der Waals surface area contributed by atoms with Crippen molar-refractivity contribution in [3.63, 3.8) is 0 Å². The summed E-state index contributed by atoms with van der Waals surface area (Å²) >= 11 is 0. The predicted molar refractivity (Wildman–Crippen MR) is 72.4 cm³/mol. The molecule has 1 aromatic rings. The third kappa shape index (κ3) is 2.05. The molecule has 0 saturated heterocycles. The molecular weight excluding hydrogens is 262 g/mol. The van der Waals surface area contributed by atoms with Crippen molar-refractivity contribution in [3.05, 3.63) is 23.3 Å². The van der Waals surface area contributed by atoms with E-state index in [1.807, 2.05) is 0 Å². The molecule has 0 aliphatic heterocycles. The van der Waals surface area contributed by atoms with Crippen molar-refractivity contribution < 1.29 is 24.8 Å². The summed E-state index contributed by atoms with van der Waals surface area (Å²) in [5.41, 5.74) is 6.09. The lowest BCUT2D eigenvalue weighted by Crippen LogP contribution is -2.64. The minimum absolute atomic E-state index is 0.0130. The van der Waals surface area contributed by atoms with Crippen LogP contribution in [0.4, 0.5) is 0 Å². The second kappa shape index (κ2) is 4.89. The Bertz CT molecular complexity index is 515. The fraction of sp³-hybridized carbons (Fsp3) is 0.571. The first-order valence-electron chi connectivity index (χ1n) is 6.39. The highest BCUT2D eigenvalue weighted by atomic mass is 16.7. The Morgan fingerprint density at radius 1 is 1.25 bits per heavy atom. The first-order valence-corrected chi connectivity index (χ1v) is 6.39. The molecule has 6 nitrogen and oxygen atoms in total. The van der Waals surface area contributed by atoms with Gasteiger partial charge in [0.25, 0.3) is 0 Å². The zero-order valence-corrected chi connectivity index (χ0v) is 11.9. The average molecular weight is 283 g/mol. The van der Waals surface area contributed by atoms with Crippen LogP contribution in [0.1, 0.15) is 30.6 Å². The van der Waals surface area contributed by atoms with E-state index < -0.39 is 17.4 Å². The molecule has 1 aliphatic carbocycles. The minimum atomic E-state index is -1.12. The van der Waals surface area contributed by atoms with E-state index in [9.17, 15) is 15.3 Å². The van der Waals surface area contributed by atoms with Gasteiger partial charge in [0.1, 0.15) is 11.5 Å². The Morgan fingerprint density at radius 2 is 1.80 bits per heavy atom. The Labute approximate surface area is 117 Å². The van der Waals surface area contributed by atoms with Crippen LogP contribution in [0.15, 0.2) is 12.1 Å². The van der Waals surface area contributed by atoms with Crippen LogP contribution in [-0.2, 0) is 15.9 Å². The summed E-state index contributed by atoms with van der Waals surface area (Å²) in [6.45, 7) is 1.69. The molecule has 112 valence electrons. The van der Waals surface area contributed by atoms with Crippen LogP contribution in [-0.4, -0.2) is 40.9 Å². The van der Waals surface area contributed by atoms with E-state index >= 15 is 0 Å². The van der Waals surface area contributed by atoms with Crippen LogP contribution in [0, 0.1) is 0 Å². The van der Waals surface area contributed by atoms with E-state index in [1.165, 1.54) is 26.4 Å². The molecule has 2 unspecified atom stereocenters. The molecule has 1 aromatic carbocycles. The Hall–Kier alpha value is -1.34. The molecule has 6 heteroatoms. The average Bonchev–Trinajstić information content (AvgIpc) is 2.41. The summed E-state index contributed by atoms with van der Waals surface area (Å²) in [4.78, 5) is 0. The number of phenols is 2. The number of methoxy groups -OCH3 is 2. The second-order valence-electron chi connectivity index (χ2n) is 5.40. The molecule has 1 aliphatic rings. The van der Waals surface area contributed by atoms with Gasteiger partial charge in [0.05, 0.1) is 11.6 Å². The molecule has 0 amide bonds. The topological polar surface area (TPSA) is 105 Å². The van der Waals surface area contributed by atoms with Crippen molar-refractivity contribution in [3.8, 4) is 11.5 Å². The molecule has 0 aromatic heterocycles. The van der Waals surface area contributed by atoms with Crippen LogP contribution in [0.5, 0.6) is 11.5 Å². The lowest BCUT2D eigenvalue weighted by atomic mass is 9.72. The SMILES string of the molecule is COC(C)(OC)C1(N)Cc2c(O)ccc(O)c2C(O)C1. The van der Waals surface area contributed by atoms with Crippen LogP contribution >= 0.6 is 0 Å². The maximum Gasteiger partial charge on any atom is 0.183 e. The van der Waals surface area contributed by atoms with Gasteiger partial charge in [0.15, 0.2) is 5.79 Å². The monoisotopic (exact) mass is 283 g/mol. The van der Waals surface area contributed by atoms with Crippen molar-refractivity contribution in [2.24, 2.45) is 5.73 Å². The van der Waals surface area contributed by atoms with Crippen LogP contribution < -0.4 is 5.73 Å². The van der Waals surface area contributed by atoms with Crippen molar-refractivity contribution in [2.75, 3.05) is 14.2 Å². The standard InChI is InChI=1S/C14H21NO5/c1-13(19-2,20-3)14(15)6-8-9(16)4-5-10(17)12(8)11(18)7-14/h4-5,11,16-18H,6-7,15H2,1-3H3. The van der Waals surface area contributed by atoms with Gasteiger partial charge in [-0.15, -0.1) is 0 Å². The Kier molecular flexibility index (Phi) is 3.68. The summed E-state index contributed by atoms with van der Waals surface area (Å²) in [5, 5.41) is 30.1. The number of aromatic hydroxyl groups is 2. The van der Waals surface area contributed by atoms with Crippen molar-refractivity contribution >= 4 is 0 Å². The number of hydrogen-bond donors (Lipinski definition) is 4. The maximum absolute atomic E-state index is 10.3. The molecule has 2 rings (SSSR count). The Morgan fingerprint density at radius 3 is 2.35 bits per heavy atom. The van der Waals surface area contributed by atoms with E-state index in [0.717, 1.165) is 0 Å². The van der Waals surface area contributed by atoms with E-state index in [1.54, 1.807) is 6.92 Å². The molecule has 5 N–H and O–H groups in total. The molecule has 20 heavy (non-hydrogen) atoms. The number of phenolic OH excluding ortho intramolecular Hbond substituents is 2. The number of hydrogen-bond acceptors (Lipinski definition) is 6. The molecule has 0 spiro atoms. The summed E-state index contributed by atoms with van der Waals surface area (Å²) in [6.07, 6.45) is -0.632. The fourth-order valence-corrected chi connectivity index (χ4v) is 2.87. The van der Waals surface area contributed by atoms with Crippen molar-refractivity contribution in [2.45, 2.75) is 37.2 Å². The maximum atomic E-state index is 10.3. The third-order valence-electron chi connectivity index (χ3n) is 4.38. The molecule has 0 fully saturated rings. The van der Waals surface area contributed by atoms with Gasteiger partial charge in [-0.1, -0.05) is 0 Å². The van der Waals surface area contributed by atoms with Gasteiger partial charge in [0.2, 0.25) is 0 Å². The van der Waals surface area contributed by atoms with Gasteiger partial charge in [-0.25, -0.2) is 0 Å². The van der Waals surface area contributed by atoms with Gasteiger partial charge in [-0.2, -0.15) is 0 Å². The highest BCUT2D eigenvalue weighted by Crippen LogP contribution is 2.46. The summed E-state index contributed by atoms with van der Waals surface area (Å²) in [7, 11) is 2.95. The van der Waals surface area contributed by atoms with Gasteiger partial charge in [0, 0.05) is 31.8 Å². The fourth-order valence-electron chi connectivity index (χ4n) is 2.87. The van der Waals surface area contributed by atoms with E-state index in [2.05, 4.69) is 0 Å². The molecule has 0 radical (unpaired) electrons. The second-order valence-corrected chi connectivity index (χ2v) is 5.40. The molecule has 2 atom stereocenters. The summed E-state index contributed by atoms with van der Waals surface area (Å²) in [6, 6.07) is 2.73. The van der Waals surface area contributed by atoms with E-state index in [0.29, 0.717) is 11.1 Å². The van der Waals surface area contributed by atoms with E-state index in [-0.39, 0.29) is 24.3 Å². The zero-order valence-electron chi connectivity index (χ0n) is 11.9. The third-order valence-corrected chi connectivity index (χ3v) is 4.38. The molecular formula is C14H21NO5. The number of rotatable bonds is 3. The number of fused-ring (bicyclic) bond motifs is 1. The molecule has 0 saturated carbocycles. The normalized spacial score (nSPS) is 26.4. The van der Waals surface area contributed by atoms with E-state index in [4.69, 9.17) is 15.2 Å². The number of aliphatic hydroxyl groups is 1. The van der Waals surface area contributed by atoms with Crippen LogP contribution in [0.25, 0.3) is 0 Å². The predicted octanol–water partition coefficient (Wildman–Crippen LogP) is 0.784. The lowest BCUT2D eigenvalue weighted by Gasteiger charge is -2.47. The molecule has 0 bridgehead atoms. The van der Waals surface area contributed by atoms with Gasteiger partial charge < -0.3 is 30.5 Å². The highest BCUT2D eigenvalue weighted by molar-refractivity contribution is 5.51. The summed E-state index contributed by atoms with van der Waals surface area (Å²) < 4.78 is 10.7. The largest absolute Gasteiger partial charge is 0.508 e. The zero-order chi connectivity index (χ0) is 15.1. The van der Waals surface area contributed by atoms with Gasteiger partial charge >= 0.3 is 0 Å². The van der Waals surface area contributed by atoms with Crippen molar-refractivity contribution in [1.29, 1.82) is 0 Å². The van der Waals surface area contributed by atoms with Crippen LogP contribution in [0.2, 0.25) is 0 Å². The first-order chi connectivity index (χ1) is 9.28.